The van der Waals surface area contributed by atoms with Crippen molar-refractivity contribution < 1.29 is 14.0 Å². The van der Waals surface area contributed by atoms with Crippen LogP contribution in [0.25, 0.3) is 11.2 Å². The highest BCUT2D eigenvalue weighted by atomic mass is 19.1. The minimum absolute atomic E-state index is 0.0325. The zero-order valence-corrected chi connectivity index (χ0v) is 14.8. The number of rotatable bonds is 5. The summed E-state index contributed by atoms with van der Waals surface area (Å²) in [6, 6.07) is 8.65. The van der Waals surface area contributed by atoms with Crippen LogP contribution in [0.4, 0.5) is 15.9 Å². The van der Waals surface area contributed by atoms with Crippen LogP contribution in [0.15, 0.2) is 41.2 Å². The van der Waals surface area contributed by atoms with Crippen molar-refractivity contribution >= 4 is 34.5 Å². The van der Waals surface area contributed by atoms with Crippen LogP contribution >= 0.6 is 0 Å². The largest absolute Gasteiger partial charge is 0.329 e. The van der Waals surface area contributed by atoms with Gasteiger partial charge in [-0.15, -0.1) is 0 Å². The quantitative estimate of drug-likeness (QED) is 0.714. The molecule has 0 radical (unpaired) electrons. The second-order valence-corrected chi connectivity index (χ2v) is 6.04. The summed E-state index contributed by atoms with van der Waals surface area (Å²) in [4.78, 5) is 40.1. The number of amides is 2. The number of nitrogens with one attached hydrogen (secondary N) is 2. The van der Waals surface area contributed by atoms with Gasteiger partial charge in [-0.3, -0.25) is 18.7 Å². The number of imidazole rings is 1. The lowest BCUT2D eigenvalue weighted by Gasteiger charge is -2.06. The van der Waals surface area contributed by atoms with Gasteiger partial charge < -0.3 is 10.6 Å². The van der Waals surface area contributed by atoms with Gasteiger partial charge in [-0.25, -0.2) is 14.2 Å². The van der Waals surface area contributed by atoms with Crippen LogP contribution in [0.3, 0.4) is 0 Å². The van der Waals surface area contributed by atoms with Crippen LogP contribution in [0.5, 0.6) is 0 Å². The maximum atomic E-state index is 12.8. The number of benzene rings is 1. The zero-order chi connectivity index (χ0) is 19.6. The molecule has 9 heteroatoms. The minimum Gasteiger partial charge on any atom is -0.326 e. The van der Waals surface area contributed by atoms with Gasteiger partial charge in [0.25, 0.3) is 0 Å². The summed E-state index contributed by atoms with van der Waals surface area (Å²) in [5.74, 6) is -0.830. The third-order valence-electron chi connectivity index (χ3n) is 4.08. The molecule has 8 nitrogen and oxygen atoms in total. The molecule has 0 spiro atoms. The summed E-state index contributed by atoms with van der Waals surface area (Å²) >= 11 is 0. The Morgan fingerprint density at radius 1 is 0.963 bits per heavy atom. The molecule has 2 heterocycles. The van der Waals surface area contributed by atoms with Crippen molar-refractivity contribution in [1.29, 1.82) is 0 Å². The molecule has 0 atom stereocenters. The maximum Gasteiger partial charge on any atom is 0.329 e. The average Bonchev–Trinajstić information content (AvgIpc) is 2.86. The van der Waals surface area contributed by atoms with Gasteiger partial charge in [0.2, 0.25) is 11.8 Å². The Balaban J connectivity index is 1.58. The first-order valence-electron chi connectivity index (χ1n) is 8.23. The highest BCUT2D eigenvalue weighted by molar-refractivity contribution is 5.96. The van der Waals surface area contributed by atoms with Gasteiger partial charge in [-0.1, -0.05) is 0 Å². The Morgan fingerprint density at radius 2 is 1.59 bits per heavy atom. The summed E-state index contributed by atoms with van der Waals surface area (Å²) in [6.45, 7) is 0. The molecule has 27 heavy (non-hydrogen) atoms. The van der Waals surface area contributed by atoms with Crippen molar-refractivity contribution in [2.45, 2.75) is 12.8 Å². The van der Waals surface area contributed by atoms with Crippen LogP contribution in [-0.4, -0.2) is 25.9 Å². The molecule has 0 unspecified atom stereocenters. The van der Waals surface area contributed by atoms with Gasteiger partial charge in [0.1, 0.15) is 11.6 Å². The summed E-state index contributed by atoms with van der Waals surface area (Å²) in [5, 5.41) is 5.20. The monoisotopic (exact) mass is 371 g/mol. The molecular formula is C18H18FN5O3. The molecule has 0 bridgehead atoms. The van der Waals surface area contributed by atoms with Crippen molar-refractivity contribution in [2.75, 3.05) is 10.6 Å². The number of anilines is 2. The van der Waals surface area contributed by atoms with Gasteiger partial charge >= 0.3 is 5.69 Å². The van der Waals surface area contributed by atoms with Crippen molar-refractivity contribution in [2.24, 2.45) is 14.1 Å². The van der Waals surface area contributed by atoms with Crippen LogP contribution in [-0.2, 0) is 23.7 Å². The summed E-state index contributed by atoms with van der Waals surface area (Å²) in [7, 11) is 3.24. The van der Waals surface area contributed by atoms with E-state index in [-0.39, 0.29) is 30.3 Å². The third-order valence-corrected chi connectivity index (χ3v) is 4.08. The summed E-state index contributed by atoms with van der Waals surface area (Å²) in [6.07, 6.45) is -0.0737. The molecule has 2 N–H and O–H groups in total. The second-order valence-electron chi connectivity index (χ2n) is 6.04. The van der Waals surface area contributed by atoms with E-state index in [2.05, 4.69) is 15.6 Å². The number of pyridine rings is 1. The first kappa shape index (κ1) is 18.3. The topological polar surface area (TPSA) is 98.0 Å². The summed E-state index contributed by atoms with van der Waals surface area (Å²) in [5.41, 5.74) is 1.35. The fraction of sp³-hybridized carbons (Fsp3) is 0.222. The molecule has 0 aliphatic rings. The molecule has 0 aliphatic heterocycles. The van der Waals surface area contributed by atoms with E-state index < -0.39 is 5.82 Å². The predicted molar refractivity (Wildman–Crippen MR) is 98.8 cm³/mol. The van der Waals surface area contributed by atoms with E-state index in [9.17, 15) is 18.8 Å². The highest BCUT2D eigenvalue weighted by Gasteiger charge is 2.12. The average molecular weight is 371 g/mol. The molecule has 2 aromatic heterocycles. The van der Waals surface area contributed by atoms with E-state index in [1.54, 1.807) is 26.2 Å². The number of hydrogen-bond acceptors (Lipinski definition) is 4. The second kappa shape index (κ2) is 7.40. The first-order chi connectivity index (χ1) is 12.8. The standard InChI is InChI=1S/C18H18FN5O3/c1-23-13-7-8-14(22-17(13)24(2)18(23)27)21-16(26)10-9-15(25)20-12-5-3-11(19)4-6-12/h3-8H,9-10H2,1-2H3,(H,20,25)(H,21,22,26). The van der Waals surface area contributed by atoms with Crippen molar-refractivity contribution in [3.63, 3.8) is 0 Å². The van der Waals surface area contributed by atoms with Gasteiger partial charge in [-0.05, 0) is 36.4 Å². The molecule has 140 valence electrons. The third kappa shape index (κ3) is 4.02. The molecule has 0 saturated heterocycles. The highest BCUT2D eigenvalue weighted by Crippen LogP contribution is 2.14. The Bertz CT molecular complexity index is 1070. The van der Waals surface area contributed by atoms with Gasteiger partial charge in [0.05, 0.1) is 5.52 Å². The Morgan fingerprint density at radius 3 is 2.26 bits per heavy atom. The van der Waals surface area contributed by atoms with Crippen LogP contribution < -0.4 is 16.3 Å². The number of aromatic nitrogens is 3. The lowest BCUT2D eigenvalue weighted by molar-refractivity contribution is -0.121. The number of carbonyl (C=O) groups is 2. The smallest absolute Gasteiger partial charge is 0.326 e. The maximum absolute atomic E-state index is 12.8. The molecule has 0 saturated carbocycles. The molecular weight excluding hydrogens is 353 g/mol. The molecule has 0 fully saturated rings. The van der Waals surface area contributed by atoms with Crippen molar-refractivity contribution in [1.82, 2.24) is 14.1 Å². The Labute approximate surface area is 153 Å². The number of nitrogens with zero attached hydrogens (tertiary/aromatic N) is 3. The number of aryl methyl sites for hydroxylation is 2. The predicted octanol–water partition coefficient (Wildman–Crippen LogP) is 1.77. The van der Waals surface area contributed by atoms with Crippen molar-refractivity contribution in [3.8, 4) is 0 Å². The van der Waals surface area contributed by atoms with Crippen LogP contribution in [0.2, 0.25) is 0 Å². The number of hydrogen-bond donors (Lipinski definition) is 2. The van der Waals surface area contributed by atoms with Gasteiger partial charge in [0.15, 0.2) is 5.65 Å². The molecule has 3 aromatic rings. The number of halogens is 1. The van der Waals surface area contributed by atoms with E-state index in [1.807, 2.05) is 0 Å². The minimum atomic E-state index is -0.396. The van der Waals surface area contributed by atoms with E-state index in [4.69, 9.17) is 0 Å². The number of fused-ring (bicyclic) bond motifs is 1. The van der Waals surface area contributed by atoms with Crippen LogP contribution in [0, 0.1) is 5.82 Å². The number of carbonyl (C=O) groups excluding carboxylic acids is 2. The zero-order valence-electron chi connectivity index (χ0n) is 14.8. The molecule has 3 rings (SSSR count). The molecule has 1 aromatic carbocycles. The molecule has 2 amide bonds. The Kier molecular flexibility index (Phi) is 5.02. The van der Waals surface area contributed by atoms with Crippen LogP contribution in [0.1, 0.15) is 12.8 Å². The van der Waals surface area contributed by atoms with Gasteiger partial charge in [-0.2, -0.15) is 0 Å². The van der Waals surface area contributed by atoms with E-state index in [1.165, 1.54) is 33.4 Å². The first-order valence-corrected chi connectivity index (χ1v) is 8.23. The lowest BCUT2D eigenvalue weighted by atomic mass is 10.2. The fourth-order valence-corrected chi connectivity index (χ4v) is 2.63. The van der Waals surface area contributed by atoms with E-state index >= 15 is 0 Å². The summed E-state index contributed by atoms with van der Waals surface area (Å²) < 4.78 is 15.7. The van der Waals surface area contributed by atoms with Gasteiger partial charge in [0, 0.05) is 32.6 Å². The SMILES string of the molecule is Cn1c(=O)n(C)c2nc(NC(=O)CCC(=O)Nc3ccc(F)cc3)ccc21. The van der Waals surface area contributed by atoms with E-state index in [0.717, 1.165) is 0 Å². The normalized spacial score (nSPS) is 10.8. The lowest BCUT2D eigenvalue weighted by Crippen LogP contribution is -2.19. The fourth-order valence-electron chi connectivity index (χ4n) is 2.63. The van der Waals surface area contributed by atoms with Crippen molar-refractivity contribution in [3.05, 3.63) is 52.7 Å². The Hall–Kier alpha value is -3.49. The van der Waals surface area contributed by atoms with E-state index in [0.29, 0.717) is 22.7 Å². The molecule has 0 aliphatic carbocycles.